The lowest BCUT2D eigenvalue weighted by molar-refractivity contribution is -0.108. The molecule has 39 heavy (non-hydrogen) atoms. The minimum atomic E-state index is -0.428. The van der Waals surface area contributed by atoms with Gasteiger partial charge in [-0.05, 0) is 78.0 Å². The number of hydrogen-bond donors (Lipinski definition) is 1. The lowest BCUT2D eigenvalue weighted by Crippen LogP contribution is -2.18. The number of amides is 2. The van der Waals surface area contributed by atoms with E-state index in [1.54, 1.807) is 18.2 Å². The van der Waals surface area contributed by atoms with Gasteiger partial charge in [0.1, 0.15) is 19.0 Å². The Labute approximate surface area is 235 Å². The molecular formula is C30H27ClN2O5S. The number of ether oxygens (including phenoxy) is 2. The van der Waals surface area contributed by atoms with E-state index < -0.39 is 5.24 Å². The van der Waals surface area contributed by atoms with Crippen LogP contribution >= 0.6 is 23.4 Å². The summed E-state index contributed by atoms with van der Waals surface area (Å²) in [6.45, 7) is 4.12. The van der Waals surface area contributed by atoms with Crippen LogP contribution in [-0.2, 0) is 11.8 Å². The summed E-state index contributed by atoms with van der Waals surface area (Å²) in [7, 11) is 1.90. The summed E-state index contributed by atoms with van der Waals surface area (Å²) < 4.78 is 13.9. The number of imide groups is 1. The molecule has 0 bridgehead atoms. The second-order valence-corrected chi connectivity index (χ2v) is 10.3. The van der Waals surface area contributed by atoms with Crippen molar-refractivity contribution >= 4 is 51.5 Å². The zero-order chi connectivity index (χ0) is 27.9. The molecule has 4 rings (SSSR count). The van der Waals surface area contributed by atoms with Crippen molar-refractivity contribution in [3.63, 3.8) is 0 Å². The number of hydrogen-bond acceptors (Lipinski definition) is 6. The summed E-state index contributed by atoms with van der Waals surface area (Å²) in [6.07, 6.45) is 0.365. The Morgan fingerprint density at radius 3 is 2.33 bits per heavy atom. The number of benzene rings is 3. The van der Waals surface area contributed by atoms with Gasteiger partial charge in [-0.25, -0.2) is 0 Å². The van der Waals surface area contributed by atoms with Gasteiger partial charge in [0.2, 0.25) is 11.8 Å². The third-order valence-corrected chi connectivity index (χ3v) is 7.39. The number of carbonyl (C=O) groups is 2. The minimum Gasteiger partial charge on any atom is -0.490 e. The van der Waals surface area contributed by atoms with Crippen LogP contribution in [0.3, 0.4) is 0 Å². The fourth-order valence-electron chi connectivity index (χ4n) is 4.13. The Morgan fingerprint density at radius 1 is 0.974 bits per heavy atom. The number of carbonyl (C=O) groups excluding carboxylic acids is 2. The molecule has 0 atom stereocenters. The van der Waals surface area contributed by atoms with Crippen molar-refractivity contribution in [1.29, 1.82) is 0 Å². The van der Waals surface area contributed by atoms with Gasteiger partial charge in [0, 0.05) is 23.0 Å². The number of pyridine rings is 1. The van der Waals surface area contributed by atoms with E-state index in [-0.39, 0.29) is 24.4 Å². The van der Waals surface area contributed by atoms with Gasteiger partial charge < -0.3 is 14.0 Å². The number of para-hydroxylation sites is 1. The molecule has 3 aromatic carbocycles. The smallest absolute Gasteiger partial charge is 0.289 e. The quantitative estimate of drug-likeness (QED) is 0.181. The summed E-state index contributed by atoms with van der Waals surface area (Å²) in [4.78, 5) is 36.3. The van der Waals surface area contributed by atoms with E-state index in [1.165, 1.54) is 0 Å². The van der Waals surface area contributed by atoms with Crippen molar-refractivity contribution in [1.82, 2.24) is 9.88 Å². The fraction of sp³-hybridized carbons (Fsp3) is 0.167. The SMILES string of the molecule is C/C(SC(=O)NC=O)=C(/C)c1ccc(OCCOc2c(-c3ccc(Cl)cc3)n(C)c3ccccc3c2=O)cc1. The number of aromatic nitrogens is 1. The van der Waals surface area contributed by atoms with E-state index in [9.17, 15) is 14.4 Å². The summed E-state index contributed by atoms with van der Waals surface area (Å²) in [5.74, 6) is 0.897. The predicted molar refractivity (Wildman–Crippen MR) is 158 cm³/mol. The average molecular weight is 563 g/mol. The van der Waals surface area contributed by atoms with Crippen molar-refractivity contribution in [2.75, 3.05) is 13.2 Å². The monoisotopic (exact) mass is 562 g/mol. The molecular weight excluding hydrogens is 536 g/mol. The van der Waals surface area contributed by atoms with Crippen LogP contribution in [-0.4, -0.2) is 29.4 Å². The molecule has 1 heterocycles. The second-order valence-electron chi connectivity index (χ2n) is 8.64. The van der Waals surface area contributed by atoms with Gasteiger partial charge in [0.05, 0.1) is 11.2 Å². The number of aryl methyl sites for hydroxylation is 1. The molecule has 0 unspecified atom stereocenters. The van der Waals surface area contributed by atoms with E-state index in [4.69, 9.17) is 21.1 Å². The van der Waals surface area contributed by atoms with Gasteiger partial charge in [0.25, 0.3) is 5.24 Å². The largest absolute Gasteiger partial charge is 0.490 e. The van der Waals surface area contributed by atoms with Gasteiger partial charge in [0.15, 0.2) is 5.75 Å². The molecule has 200 valence electrons. The van der Waals surface area contributed by atoms with Gasteiger partial charge >= 0.3 is 0 Å². The number of halogens is 1. The first-order chi connectivity index (χ1) is 18.8. The highest BCUT2D eigenvalue weighted by Crippen LogP contribution is 2.31. The molecule has 0 aliphatic heterocycles. The summed E-state index contributed by atoms with van der Waals surface area (Å²) >= 11 is 7.06. The zero-order valence-electron chi connectivity index (χ0n) is 21.7. The number of nitrogens with one attached hydrogen (secondary N) is 1. The highest BCUT2D eigenvalue weighted by Gasteiger charge is 2.18. The van der Waals surface area contributed by atoms with Crippen LogP contribution in [0.5, 0.6) is 11.5 Å². The van der Waals surface area contributed by atoms with E-state index in [1.807, 2.05) is 80.1 Å². The standard InChI is InChI=1S/C30H27ClN2O5S/c1-19(20(2)39-30(36)32-18-34)21-10-14-24(15-11-21)37-16-17-38-29-27(22-8-12-23(31)13-9-22)33(3)26-7-5-4-6-25(26)28(29)35/h4-15,18H,16-17H2,1-3H3,(H,32,34,36)/b20-19+. The molecule has 1 N–H and O–H groups in total. The minimum absolute atomic E-state index is 0.163. The first-order valence-corrected chi connectivity index (χ1v) is 13.3. The number of fused-ring (bicyclic) bond motifs is 1. The van der Waals surface area contributed by atoms with Crippen molar-refractivity contribution in [2.45, 2.75) is 13.8 Å². The van der Waals surface area contributed by atoms with E-state index in [0.717, 1.165) is 38.9 Å². The maximum atomic E-state index is 13.4. The van der Waals surface area contributed by atoms with E-state index in [2.05, 4.69) is 5.32 Å². The Hall–Kier alpha value is -4.01. The maximum absolute atomic E-state index is 13.4. The van der Waals surface area contributed by atoms with Gasteiger partial charge in [-0.3, -0.25) is 19.7 Å². The van der Waals surface area contributed by atoms with Gasteiger partial charge in [-0.15, -0.1) is 0 Å². The summed E-state index contributed by atoms with van der Waals surface area (Å²) in [6, 6.07) is 22.2. The summed E-state index contributed by atoms with van der Waals surface area (Å²) in [5, 5.41) is 2.86. The van der Waals surface area contributed by atoms with E-state index >= 15 is 0 Å². The highest BCUT2D eigenvalue weighted by atomic mass is 35.5. The molecule has 0 spiro atoms. The molecule has 0 aliphatic rings. The molecule has 1 aromatic heterocycles. The van der Waals surface area contributed by atoms with Gasteiger partial charge in [-0.2, -0.15) is 0 Å². The van der Waals surface area contributed by atoms with Crippen LogP contribution in [0.4, 0.5) is 4.79 Å². The topological polar surface area (TPSA) is 86.6 Å². The number of allylic oxidation sites excluding steroid dienone is 2. The van der Waals surface area contributed by atoms with Crippen LogP contribution in [0, 0.1) is 0 Å². The Balaban J connectivity index is 1.48. The molecule has 9 heteroatoms. The fourth-order valence-corrected chi connectivity index (χ4v) is 4.91. The molecule has 2 amide bonds. The lowest BCUT2D eigenvalue weighted by Gasteiger charge is -2.18. The third-order valence-electron chi connectivity index (χ3n) is 6.22. The van der Waals surface area contributed by atoms with Crippen LogP contribution < -0.4 is 20.2 Å². The predicted octanol–water partition coefficient (Wildman–Crippen LogP) is 6.67. The van der Waals surface area contributed by atoms with Crippen LogP contribution in [0.2, 0.25) is 5.02 Å². The molecule has 0 saturated heterocycles. The van der Waals surface area contributed by atoms with Crippen molar-refractivity contribution < 1.29 is 19.1 Å². The zero-order valence-corrected chi connectivity index (χ0v) is 23.3. The normalized spacial score (nSPS) is 11.6. The maximum Gasteiger partial charge on any atom is 0.289 e. The molecule has 0 saturated carbocycles. The summed E-state index contributed by atoms with van der Waals surface area (Å²) in [5.41, 5.74) is 3.94. The first kappa shape index (κ1) is 28.0. The first-order valence-electron chi connectivity index (χ1n) is 12.1. The molecule has 4 aromatic rings. The Kier molecular flexibility index (Phi) is 9.11. The second kappa shape index (κ2) is 12.7. The highest BCUT2D eigenvalue weighted by molar-refractivity contribution is 8.17. The van der Waals surface area contributed by atoms with Crippen molar-refractivity contribution in [2.24, 2.45) is 7.05 Å². The molecule has 7 nitrogen and oxygen atoms in total. The third kappa shape index (κ3) is 6.53. The van der Waals surface area contributed by atoms with Crippen LogP contribution in [0.25, 0.3) is 27.7 Å². The number of thioether (sulfide) groups is 1. The van der Waals surface area contributed by atoms with Crippen LogP contribution in [0.15, 0.2) is 82.5 Å². The number of nitrogens with zero attached hydrogens (tertiary/aromatic N) is 1. The van der Waals surface area contributed by atoms with E-state index in [0.29, 0.717) is 28.3 Å². The Bertz CT molecular complexity index is 1600. The Morgan fingerprint density at radius 2 is 1.64 bits per heavy atom. The van der Waals surface area contributed by atoms with Gasteiger partial charge in [-0.1, -0.05) is 48.0 Å². The number of rotatable bonds is 9. The molecule has 0 fully saturated rings. The molecule has 0 aliphatic carbocycles. The molecule has 0 radical (unpaired) electrons. The van der Waals surface area contributed by atoms with Crippen molar-refractivity contribution in [3.05, 3.63) is 98.5 Å². The lowest BCUT2D eigenvalue weighted by atomic mass is 10.1. The van der Waals surface area contributed by atoms with Crippen molar-refractivity contribution in [3.8, 4) is 22.8 Å². The average Bonchev–Trinajstić information content (AvgIpc) is 2.94. The van der Waals surface area contributed by atoms with Crippen LogP contribution in [0.1, 0.15) is 19.4 Å².